The van der Waals surface area contributed by atoms with E-state index in [0.717, 1.165) is 32.0 Å². The Balaban J connectivity index is 1.47. The molecule has 1 aromatic heterocycles. The lowest BCUT2D eigenvalue weighted by Crippen LogP contribution is -2.42. The predicted octanol–water partition coefficient (Wildman–Crippen LogP) is 1.03. The molecule has 1 aromatic rings. The molecule has 0 spiro atoms. The fraction of sp³-hybridized carbons (Fsp3) is 0.846. The maximum Gasteiger partial charge on any atom is 0.243 e. The van der Waals surface area contributed by atoms with Gasteiger partial charge >= 0.3 is 0 Å². The summed E-state index contributed by atoms with van der Waals surface area (Å²) in [5.41, 5.74) is 0. The zero-order valence-electron chi connectivity index (χ0n) is 11.0. The summed E-state index contributed by atoms with van der Waals surface area (Å²) in [7, 11) is 0. The Morgan fingerprint density at radius 1 is 1.26 bits per heavy atom. The Hall–Kier alpha value is -0.980. The molecule has 4 heterocycles. The number of aromatic nitrogens is 2. The fourth-order valence-corrected chi connectivity index (χ4v) is 3.39. The highest BCUT2D eigenvalue weighted by atomic mass is 16.5. The summed E-state index contributed by atoms with van der Waals surface area (Å²) in [5, 5.41) is 7.50. The second kappa shape index (κ2) is 4.85. The van der Waals surface area contributed by atoms with E-state index in [-0.39, 0.29) is 12.1 Å². The smallest absolute Gasteiger partial charge is 0.243 e. The standard InChI is InChI=1S/C13H20N4O2/c1-4-10(14-5-1)13-15-12(16-19-13)11-7-17-6-2-3-9(17)8-18-11/h9-11,14H,1-8H2. The summed E-state index contributed by atoms with van der Waals surface area (Å²) in [6.07, 6.45) is 4.78. The summed E-state index contributed by atoms with van der Waals surface area (Å²) >= 11 is 0. The number of ether oxygens (including phenoxy) is 1. The van der Waals surface area contributed by atoms with E-state index in [9.17, 15) is 0 Å². The minimum absolute atomic E-state index is 0.0201. The van der Waals surface area contributed by atoms with Gasteiger partial charge in [-0.3, -0.25) is 4.90 Å². The number of hydrogen-bond donors (Lipinski definition) is 1. The molecule has 0 amide bonds. The van der Waals surface area contributed by atoms with Crippen molar-refractivity contribution in [1.29, 1.82) is 0 Å². The predicted molar refractivity (Wildman–Crippen MR) is 67.6 cm³/mol. The van der Waals surface area contributed by atoms with Crippen LogP contribution < -0.4 is 5.32 Å². The Kier molecular flexibility index (Phi) is 3.01. The molecule has 0 radical (unpaired) electrons. The van der Waals surface area contributed by atoms with E-state index in [1.807, 2.05) is 0 Å². The van der Waals surface area contributed by atoms with Crippen LogP contribution in [-0.2, 0) is 4.74 Å². The number of morpholine rings is 1. The van der Waals surface area contributed by atoms with Gasteiger partial charge in [-0.15, -0.1) is 0 Å². The molecule has 3 aliphatic rings. The minimum atomic E-state index is -0.0201. The fourth-order valence-electron chi connectivity index (χ4n) is 3.39. The molecule has 3 saturated heterocycles. The molecule has 6 nitrogen and oxygen atoms in total. The van der Waals surface area contributed by atoms with Crippen LogP contribution in [0.5, 0.6) is 0 Å². The van der Waals surface area contributed by atoms with Crippen LogP contribution in [0.2, 0.25) is 0 Å². The van der Waals surface area contributed by atoms with E-state index in [0.29, 0.717) is 11.9 Å². The van der Waals surface area contributed by atoms with Crippen LogP contribution in [0.3, 0.4) is 0 Å². The quantitative estimate of drug-likeness (QED) is 0.861. The van der Waals surface area contributed by atoms with Crippen molar-refractivity contribution >= 4 is 0 Å². The van der Waals surface area contributed by atoms with Gasteiger partial charge in [0.05, 0.1) is 12.6 Å². The van der Waals surface area contributed by atoms with Gasteiger partial charge in [-0.25, -0.2) is 0 Å². The third kappa shape index (κ3) is 2.17. The average Bonchev–Trinajstić information content (AvgIpc) is 3.18. The van der Waals surface area contributed by atoms with Gasteiger partial charge in [0.2, 0.25) is 11.7 Å². The topological polar surface area (TPSA) is 63.4 Å². The molecule has 104 valence electrons. The normalized spacial score (nSPS) is 35.7. The second-order valence-electron chi connectivity index (χ2n) is 5.75. The number of nitrogens with one attached hydrogen (secondary N) is 1. The number of hydrogen-bond acceptors (Lipinski definition) is 6. The summed E-state index contributed by atoms with van der Waals surface area (Å²) < 4.78 is 11.3. The van der Waals surface area contributed by atoms with Gasteiger partial charge in [-0.05, 0) is 38.8 Å². The van der Waals surface area contributed by atoms with Crippen LogP contribution >= 0.6 is 0 Å². The molecule has 0 bridgehead atoms. The van der Waals surface area contributed by atoms with Crippen molar-refractivity contribution in [3.05, 3.63) is 11.7 Å². The molecule has 0 aliphatic carbocycles. The van der Waals surface area contributed by atoms with E-state index in [4.69, 9.17) is 9.26 Å². The Morgan fingerprint density at radius 2 is 2.26 bits per heavy atom. The van der Waals surface area contributed by atoms with E-state index in [2.05, 4.69) is 20.4 Å². The van der Waals surface area contributed by atoms with Crippen molar-refractivity contribution < 1.29 is 9.26 Å². The Morgan fingerprint density at radius 3 is 3.16 bits per heavy atom. The molecule has 0 aromatic carbocycles. The van der Waals surface area contributed by atoms with Crippen molar-refractivity contribution in [2.75, 3.05) is 26.2 Å². The van der Waals surface area contributed by atoms with Crippen molar-refractivity contribution in [1.82, 2.24) is 20.4 Å². The first-order valence-corrected chi connectivity index (χ1v) is 7.33. The van der Waals surface area contributed by atoms with Gasteiger partial charge in [0, 0.05) is 12.6 Å². The summed E-state index contributed by atoms with van der Waals surface area (Å²) in [4.78, 5) is 7.04. The maximum absolute atomic E-state index is 5.91. The second-order valence-corrected chi connectivity index (χ2v) is 5.75. The molecule has 3 fully saturated rings. The zero-order chi connectivity index (χ0) is 12.7. The van der Waals surface area contributed by atoms with Crippen LogP contribution in [0, 0.1) is 0 Å². The highest BCUT2D eigenvalue weighted by molar-refractivity contribution is 5.00. The van der Waals surface area contributed by atoms with Crippen molar-refractivity contribution in [3.63, 3.8) is 0 Å². The van der Waals surface area contributed by atoms with Gasteiger partial charge in [0.15, 0.2) is 0 Å². The average molecular weight is 264 g/mol. The van der Waals surface area contributed by atoms with E-state index >= 15 is 0 Å². The lowest BCUT2D eigenvalue weighted by molar-refractivity contribution is -0.0548. The van der Waals surface area contributed by atoms with Gasteiger partial charge in [-0.1, -0.05) is 5.16 Å². The largest absolute Gasteiger partial charge is 0.367 e. The summed E-state index contributed by atoms with van der Waals surface area (Å²) in [5.74, 6) is 1.44. The van der Waals surface area contributed by atoms with Gasteiger partial charge in [0.25, 0.3) is 0 Å². The van der Waals surface area contributed by atoms with Gasteiger partial charge < -0.3 is 14.6 Å². The summed E-state index contributed by atoms with van der Waals surface area (Å²) in [6, 6.07) is 0.850. The lowest BCUT2D eigenvalue weighted by Gasteiger charge is -2.33. The third-order valence-corrected chi connectivity index (χ3v) is 4.49. The van der Waals surface area contributed by atoms with Gasteiger partial charge in [0.1, 0.15) is 6.10 Å². The van der Waals surface area contributed by atoms with E-state index in [1.54, 1.807) is 0 Å². The highest BCUT2D eigenvalue weighted by Gasteiger charge is 2.35. The van der Waals surface area contributed by atoms with Crippen LogP contribution in [0.15, 0.2) is 4.52 Å². The van der Waals surface area contributed by atoms with Crippen LogP contribution in [0.4, 0.5) is 0 Å². The first-order valence-electron chi connectivity index (χ1n) is 7.33. The minimum Gasteiger partial charge on any atom is -0.367 e. The zero-order valence-corrected chi connectivity index (χ0v) is 11.0. The molecule has 3 aliphatic heterocycles. The lowest BCUT2D eigenvalue weighted by atomic mass is 10.2. The molecule has 3 atom stereocenters. The molecule has 1 N–H and O–H groups in total. The first kappa shape index (κ1) is 11.8. The van der Waals surface area contributed by atoms with Crippen LogP contribution in [0.1, 0.15) is 49.5 Å². The molecule has 19 heavy (non-hydrogen) atoms. The van der Waals surface area contributed by atoms with E-state index < -0.39 is 0 Å². The number of fused-ring (bicyclic) bond motifs is 1. The SMILES string of the molecule is C1CNC(c2nc(C3CN4CCCC4CO3)no2)C1. The van der Waals surface area contributed by atoms with Crippen LogP contribution in [0.25, 0.3) is 0 Å². The maximum atomic E-state index is 5.91. The Bertz CT molecular complexity index is 444. The van der Waals surface area contributed by atoms with Crippen molar-refractivity contribution in [2.24, 2.45) is 0 Å². The molecule has 3 unspecified atom stereocenters. The summed E-state index contributed by atoms with van der Waals surface area (Å²) in [6.45, 7) is 3.93. The van der Waals surface area contributed by atoms with E-state index in [1.165, 1.54) is 25.8 Å². The highest BCUT2D eigenvalue weighted by Crippen LogP contribution is 2.30. The van der Waals surface area contributed by atoms with Crippen LogP contribution in [-0.4, -0.2) is 47.3 Å². The number of rotatable bonds is 2. The number of nitrogens with zero attached hydrogens (tertiary/aromatic N) is 3. The van der Waals surface area contributed by atoms with Gasteiger partial charge in [-0.2, -0.15) is 4.98 Å². The molecule has 0 saturated carbocycles. The van der Waals surface area contributed by atoms with Crippen molar-refractivity contribution in [3.8, 4) is 0 Å². The molecule has 4 rings (SSSR count). The monoisotopic (exact) mass is 264 g/mol. The molecule has 6 heteroatoms. The van der Waals surface area contributed by atoms with Crippen molar-refractivity contribution in [2.45, 2.75) is 43.9 Å². The third-order valence-electron chi connectivity index (χ3n) is 4.49. The molecular weight excluding hydrogens is 244 g/mol. The molecular formula is C13H20N4O2. The Labute approximate surface area is 112 Å². The first-order chi connectivity index (χ1) is 9.40.